The summed E-state index contributed by atoms with van der Waals surface area (Å²) in [5.74, 6) is -0.107. The molecule has 0 fully saturated rings. The van der Waals surface area contributed by atoms with Crippen LogP contribution in [0.2, 0.25) is 0 Å². The second-order valence-corrected chi connectivity index (χ2v) is 5.33. The van der Waals surface area contributed by atoms with Crippen LogP contribution < -0.4 is 10.2 Å². The minimum atomic E-state index is -2.59. The third-order valence-corrected chi connectivity index (χ3v) is 2.98. The number of rotatable bonds is 9. The number of anilines is 1. The van der Waals surface area contributed by atoms with Crippen molar-refractivity contribution in [1.82, 2.24) is 5.32 Å². The van der Waals surface area contributed by atoms with E-state index in [2.05, 4.69) is 5.32 Å². The maximum atomic E-state index is 14.1. The van der Waals surface area contributed by atoms with Gasteiger partial charge in [0.15, 0.2) is 0 Å². The van der Waals surface area contributed by atoms with Crippen molar-refractivity contribution in [2.75, 3.05) is 31.1 Å². The molecule has 0 radical (unpaired) electrons. The fourth-order valence-electron chi connectivity index (χ4n) is 2.13. The molecule has 1 aromatic carbocycles. The number of halogens is 3. The van der Waals surface area contributed by atoms with Gasteiger partial charge in [0.05, 0.1) is 18.8 Å². The Bertz CT molecular complexity index is 427. The molecule has 0 saturated heterocycles. The molecular formula is C15H23F3N2O. The van der Waals surface area contributed by atoms with Crippen LogP contribution in [0.1, 0.15) is 19.4 Å². The molecule has 0 aliphatic heterocycles. The van der Waals surface area contributed by atoms with E-state index in [1.807, 2.05) is 13.8 Å². The van der Waals surface area contributed by atoms with Crippen molar-refractivity contribution in [1.29, 1.82) is 0 Å². The molecule has 120 valence electrons. The summed E-state index contributed by atoms with van der Waals surface area (Å²) in [5, 5.41) is 12.2. The number of hydrogen-bond acceptors (Lipinski definition) is 3. The molecule has 0 bridgehead atoms. The van der Waals surface area contributed by atoms with Gasteiger partial charge in [0, 0.05) is 13.1 Å². The monoisotopic (exact) mass is 304 g/mol. The molecule has 3 nitrogen and oxygen atoms in total. The van der Waals surface area contributed by atoms with Crippen molar-refractivity contribution in [2.45, 2.75) is 26.8 Å². The van der Waals surface area contributed by atoms with Crippen molar-refractivity contribution in [3.05, 3.63) is 29.6 Å². The van der Waals surface area contributed by atoms with E-state index in [1.54, 1.807) is 12.1 Å². The maximum absolute atomic E-state index is 14.1. The molecule has 0 atom stereocenters. The summed E-state index contributed by atoms with van der Waals surface area (Å²) >= 11 is 0. The number of benzene rings is 1. The average Bonchev–Trinajstić information content (AvgIpc) is 2.37. The Morgan fingerprint density at radius 3 is 2.57 bits per heavy atom. The first-order valence-corrected chi connectivity index (χ1v) is 7.07. The number of nitrogens with zero attached hydrogens (tertiary/aromatic N) is 1. The van der Waals surface area contributed by atoms with Gasteiger partial charge in [-0.05, 0) is 24.1 Å². The van der Waals surface area contributed by atoms with Gasteiger partial charge >= 0.3 is 0 Å². The number of nitrogens with one attached hydrogen (secondary N) is 1. The summed E-state index contributed by atoms with van der Waals surface area (Å²) in [6.45, 7) is 4.32. The molecule has 0 heterocycles. The molecule has 21 heavy (non-hydrogen) atoms. The first-order chi connectivity index (χ1) is 9.95. The van der Waals surface area contributed by atoms with Crippen LogP contribution in [0.25, 0.3) is 0 Å². The highest BCUT2D eigenvalue weighted by molar-refractivity contribution is 5.55. The first kappa shape index (κ1) is 17.8. The van der Waals surface area contributed by atoms with Crippen LogP contribution in [0.15, 0.2) is 18.2 Å². The van der Waals surface area contributed by atoms with Crippen molar-refractivity contribution in [3.63, 3.8) is 0 Å². The highest BCUT2D eigenvalue weighted by Crippen LogP contribution is 2.25. The van der Waals surface area contributed by atoms with E-state index in [1.165, 1.54) is 11.0 Å². The lowest BCUT2D eigenvalue weighted by Gasteiger charge is -2.26. The fourth-order valence-corrected chi connectivity index (χ4v) is 2.13. The van der Waals surface area contributed by atoms with Gasteiger partial charge in [0.1, 0.15) is 5.82 Å². The van der Waals surface area contributed by atoms with Crippen molar-refractivity contribution < 1.29 is 18.3 Å². The third-order valence-electron chi connectivity index (χ3n) is 2.98. The zero-order chi connectivity index (χ0) is 15.8. The average molecular weight is 304 g/mol. The molecule has 6 heteroatoms. The van der Waals surface area contributed by atoms with Crippen LogP contribution in [0.3, 0.4) is 0 Å². The number of hydrogen-bond donors (Lipinski definition) is 2. The van der Waals surface area contributed by atoms with Gasteiger partial charge in [-0.15, -0.1) is 0 Å². The summed E-state index contributed by atoms with van der Waals surface area (Å²) in [4.78, 5) is 1.20. The fraction of sp³-hybridized carbons (Fsp3) is 0.600. The molecule has 0 saturated carbocycles. The van der Waals surface area contributed by atoms with Gasteiger partial charge in [-0.3, -0.25) is 0 Å². The van der Waals surface area contributed by atoms with Crippen molar-refractivity contribution in [3.8, 4) is 0 Å². The van der Waals surface area contributed by atoms with E-state index in [0.29, 0.717) is 18.0 Å². The van der Waals surface area contributed by atoms with Crippen molar-refractivity contribution >= 4 is 5.69 Å². The van der Waals surface area contributed by atoms with E-state index in [9.17, 15) is 13.2 Å². The standard InChI is InChI=1S/C15H23F3N2O/c1-11(2)8-19-9-12-4-3-5-13(16)15(12)20(6-7-21)10-14(17)18/h3-5,11,14,19,21H,6-10H2,1-2H3. The second-order valence-electron chi connectivity index (χ2n) is 5.33. The highest BCUT2D eigenvalue weighted by Gasteiger charge is 2.19. The lowest BCUT2D eigenvalue weighted by atomic mass is 10.1. The lowest BCUT2D eigenvalue weighted by Crippen LogP contribution is -2.33. The number of aliphatic hydroxyl groups is 1. The summed E-state index contributed by atoms with van der Waals surface area (Å²) in [6.07, 6.45) is -2.59. The quantitative estimate of drug-likeness (QED) is 0.736. The molecule has 0 aliphatic carbocycles. The lowest BCUT2D eigenvalue weighted by molar-refractivity contribution is 0.152. The molecule has 0 aliphatic rings. The first-order valence-electron chi connectivity index (χ1n) is 7.07. The van der Waals surface area contributed by atoms with Crippen LogP contribution in [0, 0.1) is 11.7 Å². The molecule has 0 unspecified atom stereocenters. The molecule has 0 spiro atoms. The smallest absolute Gasteiger partial charge is 0.255 e. The van der Waals surface area contributed by atoms with Crippen LogP contribution >= 0.6 is 0 Å². The van der Waals surface area contributed by atoms with E-state index in [0.717, 1.165) is 6.54 Å². The van der Waals surface area contributed by atoms with E-state index in [4.69, 9.17) is 5.11 Å². The SMILES string of the molecule is CC(C)CNCc1cccc(F)c1N(CCO)CC(F)F. The predicted octanol–water partition coefficient (Wildman–Crippen LogP) is 2.64. The summed E-state index contributed by atoms with van der Waals surface area (Å²) in [5.41, 5.74) is 0.757. The van der Waals surface area contributed by atoms with Crippen LogP contribution in [0.4, 0.5) is 18.9 Å². The van der Waals surface area contributed by atoms with E-state index >= 15 is 0 Å². The summed E-state index contributed by atoms with van der Waals surface area (Å²) in [7, 11) is 0. The number of para-hydroxylation sites is 1. The van der Waals surface area contributed by atoms with Crippen LogP contribution in [-0.4, -0.2) is 37.8 Å². The maximum Gasteiger partial charge on any atom is 0.255 e. The van der Waals surface area contributed by atoms with Gasteiger partial charge in [-0.25, -0.2) is 13.2 Å². The minimum absolute atomic E-state index is 0.0253. The predicted molar refractivity (Wildman–Crippen MR) is 78.2 cm³/mol. The van der Waals surface area contributed by atoms with Gasteiger partial charge in [-0.2, -0.15) is 0 Å². The summed E-state index contributed by atoms with van der Waals surface area (Å²) in [6, 6.07) is 4.52. The molecule has 1 rings (SSSR count). The molecule has 0 amide bonds. The normalized spacial score (nSPS) is 11.4. The van der Waals surface area contributed by atoms with Crippen LogP contribution in [0.5, 0.6) is 0 Å². The Kier molecular flexibility index (Phi) is 7.53. The van der Waals surface area contributed by atoms with E-state index < -0.39 is 18.8 Å². The Labute approximate surface area is 123 Å². The third kappa shape index (κ3) is 5.93. The van der Waals surface area contributed by atoms with Gasteiger partial charge < -0.3 is 15.3 Å². The Hall–Kier alpha value is -1.27. The molecular weight excluding hydrogens is 281 g/mol. The van der Waals surface area contributed by atoms with E-state index in [-0.39, 0.29) is 18.8 Å². The van der Waals surface area contributed by atoms with Crippen LogP contribution in [-0.2, 0) is 6.54 Å². The number of aliphatic hydroxyl groups excluding tert-OH is 1. The molecule has 0 aromatic heterocycles. The highest BCUT2D eigenvalue weighted by atomic mass is 19.3. The summed E-state index contributed by atoms with van der Waals surface area (Å²) < 4.78 is 39.4. The topological polar surface area (TPSA) is 35.5 Å². The Morgan fingerprint density at radius 1 is 1.29 bits per heavy atom. The zero-order valence-corrected chi connectivity index (χ0v) is 12.5. The Balaban J connectivity index is 2.95. The Morgan fingerprint density at radius 2 is 2.00 bits per heavy atom. The number of alkyl halides is 2. The van der Waals surface area contributed by atoms with Gasteiger partial charge in [0.2, 0.25) is 0 Å². The zero-order valence-electron chi connectivity index (χ0n) is 12.5. The van der Waals surface area contributed by atoms with Gasteiger partial charge in [0.25, 0.3) is 6.43 Å². The van der Waals surface area contributed by atoms with Crippen molar-refractivity contribution in [2.24, 2.45) is 5.92 Å². The largest absolute Gasteiger partial charge is 0.395 e. The minimum Gasteiger partial charge on any atom is -0.395 e. The molecule has 1 aromatic rings. The second kappa shape index (κ2) is 8.89. The molecule has 2 N–H and O–H groups in total. The van der Waals surface area contributed by atoms with Gasteiger partial charge in [-0.1, -0.05) is 26.0 Å².